The van der Waals surface area contributed by atoms with E-state index in [2.05, 4.69) is 22.5 Å². The van der Waals surface area contributed by atoms with Gasteiger partial charge in [-0.1, -0.05) is 44.6 Å². The van der Waals surface area contributed by atoms with Crippen molar-refractivity contribution in [1.82, 2.24) is 20.9 Å². The van der Waals surface area contributed by atoms with Gasteiger partial charge in [0, 0.05) is 18.5 Å². The number of nitrogens with one attached hydrogen (secondary N) is 3. The van der Waals surface area contributed by atoms with Crippen molar-refractivity contribution in [3.05, 3.63) is 12.7 Å². The van der Waals surface area contributed by atoms with Crippen molar-refractivity contribution < 1.29 is 28.7 Å². The van der Waals surface area contributed by atoms with E-state index in [1.807, 2.05) is 0 Å². The van der Waals surface area contributed by atoms with Crippen LogP contribution in [0.25, 0.3) is 0 Å². The Balaban J connectivity index is 1.82. The van der Waals surface area contributed by atoms with Crippen LogP contribution in [0.2, 0.25) is 0 Å². The molecular weight excluding hydrogens is 488 g/mol. The lowest BCUT2D eigenvalue weighted by Gasteiger charge is -2.31. The monoisotopic (exact) mass is 532 g/mol. The van der Waals surface area contributed by atoms with Crippen molar-refractivity contribution in [1.29, 1.82) is 0 Å². The molecule has 3 rings (SSSR count). The number of carbonyl (C=O) groups is 5. The van der Waals surface area contributed by atoms with Gasteiger partial charge in [0.1, 0.15) is 17.7 Å². The van der Waals surface area contributed by atoms with Crippen LogP contribution in [0.1, 0.15) is 91.4 Å². The summed E-state index contributed by atoms with van der Waals surface area (Å²) in [6, 6.07) is -2.64. The summed E-state index contributed by atoms with van der Waals surface area (Å²) in [4.78, 5) is 66.9. The maximum atomic E-state index is 13.7. The molecule has 10 heteroatoms. The number of alkyl carbamates (subject to hydrolysis) is 1. The molecule has 4 atom stereocenters. The van der Waals surface area contributed by atoms with E-state index in [0.717, 1.165) is 44.9 Å². The Bertz CT molecular complexity index is 910. The van der Waals surface area contributed by atoms with E-state index in [0.29, 0.717) is 32.2 Å². The lowest BCUT2D eigenvalue weighted by Crippen LogP contribution is -2.57. The molecule has 0 unspecified atom stereocenters. The van der Waals surface area contributed by atoms with Crippen LogP contribution in [0.3, 0.4) is 0 Å². The van der Waals surface area contributed by atoms with Crippen molar-refractivity contribution in [2.45, 2.75) is 121 Å². The predicted molar refractivity (Wildman–Crippen MR) is 142 cm³/mol. The van der Waals surface area contributed by atoms with E-state index in [9.17, 15) is 24.0 Å². The zero-order valence-electron chi connectivity index (χ0n) is 23.1. The summed E-state index contributed by atoms with van der Waals surface area (Å²) in [5, 5.41) is 8.25. The Morgan fingerprint density at radius 1 is 0.947 bits per heavy atom. The van der Waals surface area contributed by atoms with Crippen LogP contribution in [0, 0.1) is 5.92 Å². The molecule has 1 aliphatic carbocycles. The van der Waals surface area contributed by atoms with Gasteiger partial charge >= 0.3 is 6.09 Å². The Kier molecular flexibility index (Phi) is 10.3. The lowest BCUT2D eigenvalue weighted by atomic mass is 9.97. The van der Waals surface area contributed by atoms with Gasteiger partial charge in [-0.15, -0.1) is 6.58 Å². The first-order valence-corrected chi connectivity index (χ1v) is 14.1. The van der Waals surface area contributed by atoms with Gasteiger partial charge in [-0.3, -0.25) is 19.2 Å². The number of amides is 4. The smallest absolute Gasteiger partial charge is 0.408 e. The fourth-order valence-electron chi connectivity index (χ4n) is 5.13. The van der Waals surface area contributed by atoms with Crippen molar-refractivity contribution in [3.63, 3.8) is 0 Å². The highest BCUT2D eigenvalue weighted by Crippen LogP contribution is 2.28. The Morgan fingerprint density at radius 2 is 1.58 bits per heavy atom. The second-order valence-corrected chi connectivity index (χ2v) is 11.7. The minimum absolute atomic E-state index is 0.0342. The minimum Gasteiger partial charge on any atom is -0.444 e. The molecule has 0 aromatic rings. The van der Waals surface area contributed by atoms with Crippen LogP contribution < -0.4 is 16.0 Å². The Morgan fingerprint density at radius 3 is 2.18 bits per heavy atom. The second-order valence-electron chi connectivity index (χ2n) is 11.7. The number of hydrogen-bond acceptors (Lipinski definition) is 6. The SMILES string of the molecule is C=C[C@H]1CCN2C(=O)[C@@H](NC(=O)OC(C)(C)C)CCCCCCCC[C@@H](C(=O)C(=O)NC3CC3)NC(=O)[C@H]12. The summed E-state index contributed by atoms with van der Waals surface area (Å²) in [7, 11) is 0. The number of carbonyl (C=O) groups excluding carboxylic acids is 5. The first kappa shape index (κ1) is 29.6. The normalized spacial score (nSPS) is 27.7. The molecule has 3 aliphatic rings. The van der Waals surface area contributed by atoms with Gasteiger partial charge in [-0.2, -0.15) is 0 Å². The molecule has 2 saturated heterocycles. The third kappa shape index (κ3) is 8.56. The van der Waals surface area contributed by atoms with Gasteiger partial charge in [0.05, 0.1) is 6.04 Å². The Labute approximate surface area is 225 Å². The van der Waals surface area contributed by atoms with Crippen LogP contribution in [0.5, 0.6) is 0 Å². The second kappa shape index (κ2) is 13.2. The van der Waals surface area contributed by atoms with E-state index in [1.54, 1.807) is 26.8 Å². The van der Waals surface area contributed by atoms with Crippen LogP contribution in [-0.2, 0) is 23.9 Å². The molecule has 0 aromatic heterocycles. The van der Waals surface area contributed by atoms with E-state index < -0.39 is 47.4 Å². The molecule has 4 amide bonds. The van der Waals surface area contributed by atoms with Crippen molar-refractivity contribution in [3.8, 4) is 0 Å². The summed E-state index contributed by atoms with van der Waals surface area (Å²) in [6.45, 7) is 9.43. The largest absolute Gasteiger partial charge is 0.444 e. The molecule has 0 spiro atoms. The third-order valence-electron chi connectivity index (χ3n) is 7.29. The highest BCUT2D eigenvalue weighted by Gasteiger charge is 2.44. The summed E-state index contributed by atoms with van der Waals surface area (Å²) in [5.41, 5.74) is -0.718. The average Bonchev–Trinajstić information content (AvgIpc) is 3.55. The molecule has 38 heavy (non-hydrogen) atoms. The highest BCUT2D eigenvalue weighted by atomic mass is 16.6. The van der Waals surface area contributed by atoms with Crippen molar-refractivity contribution in [2.75, 3.05) is 6.54 Å². The van der Waals surface area contributed by atoms with Crippen LogP contribution >= 0.6 is 0 Å². The predicted octanol–water partition coefficient (Wildman–Crippen LogP) is 2.75. The van der Waals surface area contributed by atoms with Crippen LogP contribution in [0.4, 0.5) is 4.79 Å². The molecule has 0 radical (unpaired) electrons. The number of nitrogens with zero attached hydrogens (tertiary/aromatic N) is 1. The minimum atomic E-state index is -0.954. The first-order valence-electron chi connectivity index (χ1n) is 14.1. The van der Waals surface area contributed by atoms with Gasteiger partial charge in [-0.25, -0.2) is 4.79 Å². The molecular formula is C28H44N4O6. The summed E-state index contributed by atoms with van der Waals surface area (Å²) in [5.74, 6) is -2.47. The third-order valence-corrected chi connectivity index (χ3v) is 7.29. The number of fused-ring (bicyclic) bond motifs is 1. The molecule has 2 aliphatic heterocycles. The maximum absolute atomic E-state index is 13.7. The molecule has 1 saturated carbocycles. The summed E-state index contributed by atoms with van der Waals surface area (Å²) >= 11 is 0. The number of rotatable bonds is 5. The number of hydrogen-bond donors (Lipinski definition) is 3. The fourth-order valence-corrected chi connectivity index (χ4v) is 5.13. The van der Waals surface area contributed by atoms with Gasteiger partial charge < -0.3 is 25.6 Å². The van der Waals surface area contributed by atoms with Crippen molar-refractivity contribution in [2.24, 2.45) is 5.92 Å². The lowest BCUT2D eigenvalue weighted by molar-refractivity contribution is -0.143. The molecule has 10 nitrogen and oxygen atoms in total. The summed E-state index contributed by atoms with van der Waals surface area (Å²) in [6.07, 6.45) is 9.11. The first-order chi connectivity index (χ1) is 18.0. The quantitative estimate of drug-likeness (QED) is 0.368. The highest BCUT2D eigenvalue weighted by molar-refractivity contribution is 6.38. The van der Waals surface area contributed by atoms with E-state index in [1.165, 1.54) is 4.90 Å². The standard InChI is InChI=1S/C28H44N4O6/c1-5-18-16-17-32-22(18)24(34)30-20(23(33)25(35)29-19-14-15-19)12-10-8-6-7-9-11-13-21(26(32)36)31-27(37)38-28(2,3)4/h5,18-22H,1,6-17H2,2-4H3,(H,29,35)(H,30,34)(H,31,37)/t18-,20-,21-,22-/m0/s1. The fraction of sp³-hybridized carbons (Fsp3) is 0.750. The Hall–Kier alpha value is -2.91. The molecule has 3 fully saturated rings. The zero-order chi connectivity index (χ0) is 27.9. The van der Waals surface area contributed by atoms with E-state index in [4.69, 9.17) is 4.74 Å². The topological polar surface area (TPSA) is 134 Å². The van der Waals surface area contributed by atoms with E-state index >= 15 is 0 Å². The molecule has 0 bridgehead atoms. The maximum Gasteiger partial charge on any atom is 0.408 e. The number of ketones is 1. The molecule has 0 aromatic carbocycles. The van der Waals surface area contributed by atoms with Gasteiger partial charge in [0.2, 0.25) is 17.6 Å². The van der Waals surface area contributed by atoms with Gasteiger partial charge in [0.25, 0.3) is 5.91 Å². The zero-order valence-corrected chi connectivity index (χ0v) is 23.1. The molecule has 212 valence electrons. The number of Topliss-reactive ketones (excluding diaryl/α,β-unsaturated/α-hetero) is 1. The molecule has 3 N–H and O–H groups in total. The van der Waals surface area contributed by atoms with E-state index in [-0.39, 0.29) is 17.9 Å². The average molecular weight is 533 g/mol. The van der Waals surface area contributed by atoms with Crippen molar-refractivity contribution >= 4 is 29.6 Å². The van der Waals surface area contributed by atoms with Gasteiger partial charge in [-0.05, 0) is 52.9 Å². The van der Waals surface area contributed by atoms with Gasteiger partial charge in [0.15, 0.2) is 0 Å². The summed E-state index contributed by atoms with van der Waals surface area (Å²) < 4.78 is 5.39. The number of ether oxygens (including phenoxy) is 1. The van der Waals surface area contributed by atoms with Crippen LogP contribution in [-0.4, -0.2) is 70.8 Å². The molecule has 2 heterocycles. The van der Waals surface area contributed by atoms with Crippen LogP contribution in [0.15, 0.2) is 12.7 Å².